The number of benzene rings is 2. The summed E-state index contributed by atoms with van der Waals surface area (Å²) < 4.78 is 11.6. The van der Waals surface area contributed by atoms with Gasteiger partial charge in [0, 0.05) is 5.69 Å². The molecule has 0 radical (unpaired) electrons. The van der Waals surface area contributed by atoms with Gasteiger partial charge in [0.05, 0.1) is 18.3 Å². The smallest absolute Gasteiger partial charge is 0.259 e. The molecule has 4 heteroatoms. The molecule has 1 aliphatic rings. The van der Waals surface area contributed by atoms with Gasteiger partial charge in [-0.25, -0.2) is 0 Å². The molecule has 3 rings (SSSR count). The minimum absolute atomic E-state index is 0.0130. The second kappa shape index (κ2) is 10.2. The van der Waals surface area contributed by atoms with Crippen LogP contribution in [0.2, 0.25) is 0 Å². The zero-order chi connectivity index (χ0) is 19.8. The van der Waals surface area contributed by atoms with Crippen LogP contribution in [0, 0.1) is 5.92 Å². The minimum Gasteiger partial charge on any atom is -0.494 e. The zero-order valence-electron chi connectivity index (χ0n) is 16.9. The van der Waals surface area contributed by atoms with Gasteiger partial charge in [0.15, 0.2) is 0 Å². The highest BCUT2D eigenvalue weighted by Gasteiger charge is 2.14. The Labute approximate surface area is 168 Å². The van der Waals surface area contributed by atoms with E-state index in [-0.39, 0.29) is 12.0 Å². The van der Waals surface area contributed by atoms with Gasteiger partial charge in [-0.1, -0.05) is 44.2 Å². The Kier molecular flexibility index (Phi) is 7.35. The molecule has 0 aliphatic heterocycles. The van der Waals surface area contributed by atoms with Crippen LogP contribution in [0.1, 0.15) is 62.7 Å². The highest BCUT2D eigenvalue weighted by atomic mass is 16.5. The monoisotopic (exact) mass is 381 g/mol. The number of carbonyl (C=O) groups is 1. The second-order valence-corrected chi connectivity index (χ2v) is 7.78. The van der Waals surface area contributed by atoms with E-state index in [1.807, 2.05) is 56.3 Å². The van der Waals surface area contributed by atoms with Gasteiger partial charge in [0.2, 0.25) is 0 Å². The van der Waals surface area contributed by atoms with E-state index in [4.69, 9.17) is 9.47 Å². The molecule has 0 spiro atoms. The quantitative estimate of drug-likeness (QED) is 0.603. The first-order valence-corrected chi connectivity index (χ1v) is 10.4. The van der Waals surface area contributed by atoms with E-state index >= 15 is 0 Å². The van der Waals surface area contributed by atoms with Crippen LogP contribution in [0.5, 0.6) is 11.5 Å². The van der Waals surface area contributed by atoms with Gasteiger partial charge in [-0.05, 0) is 62.6 Å². The minimum atomic E-state index is -0.179. The number of amides is 1. The number of rotatable bonds is 8. The molecule has 1 aliphatic carbocycles. The van der Waals surface area contributed by atoms with Crippen LogP contribution in [0.25, 0.3) is 0 Å². The third-order valence-electron chi connectivity index (χ3n) is 5.13. The molecular weight excluding hydrogens is 350 g/mol. The topological polar surface area (TPSA) is 47.6 Å². The SMILES string of the molecule is CC(C)Oc1ccccc1C(=O)Nc1ccc(OCCC2CCCCC2)cc1. The average molecular weight is 382 g/mol. The molecule has 0 atom stereocenters. The molecule has 1 saturated carbocycles. The lowest BCUT2D eigenvalue weighted by Gasteiger charge is -2.21. The van der Waals surface area contributed by atoms with Gasteiger partial charge in [0.25, 0.3) is 5.91 Å². The third kappa shape index (κ3) is 6.01. The fourth-order valence-electron chi connectivity index (χ4n) is 3.66. The molecule has 28 heavy (non-hydrogen) atoms. The number of hydrogen-bond donors (Lipinski definition) is 1. The van der Waals surface area contributed by atoms with Crippen molar-refractivity contribution in [3.63, 3.8) is 0 Å². The number of anilines is 1. The van der Waals surface area contributed by atoms with Crippen molar-refractivity contribution >= 4 is 11.6 Å². The summed E-state index contributed by atoms with van der Waals surface area (Å²) in [6.07, 6.45) is 7.95. The van der Waals surface area contributed by atoms with E-state index in [9.17, 15) is 4.79 Å². The Morgan fingerprint density at radius 1 is 1.04 bits per heavy atom. The normalized spacial score (nSPS) is 14.7. The van der Waals surface area contributed by atoms with Crippen molar-refractivity contribution in [3.05, 3.63) is 54.1 Å². The predicted molar refractivity (Wildman–Crippen MR) is 113 cm³/mol. The van der Waals surface area contributed by atoms with E-state index in [1.54, 1.807) is 6.07 Å². The van der Waals surface area contributed by atoms with Crippen LogP contribution in [0.3, 0.4) is 0 Å². The summed E-state index contributed by atoms with van der Waals surface area (Å²) in [5.41, 5.74) is 1.27. The summed E-state index contributed by atoms with van der Waals surface area (Å²) in [5, 5.41) is 2.93. The molecule has 0 saturated heterocycles. The Hall–Kier alpha value is -2.49. The molecule has 0 bridgehead atoms. The van der Waals surface area contributed by atoms with Crippen molar-refractivity contribution in [2.75, 3.05) is 11.9 Å². The maximum Gasteiger partial charge on any atom is 0.259 e. The first kappa shape index (κ1) is 20.2. The second-order valence-electron chi connectivity index (χ2n) is 7.78. The van der Waals surface area contributed by atoms with Crippen LogP contribution in [0.15, 0.2) is 48.5 Å². The van der Waals surface area contributed by atoms with Gasteiger partial charge in [0.1, 0.15) is 11.5 Å². The summed E-state index contributed by atoms with van der Waals surface area (Å²) >= 11 is 0. The van der Waals surface area contributed by atoms with Gasteiger partial charge in [-0.15, -0.1) is 0 Å². The van der Waals surface area contributed by atoms with Crippen molar-refractivity contribution in [1.82, 2.24) is 0 Å². The van der Waals surface area contributed by atoms with Crippen molar-refractivity contribution in [3.8, 4) is 11.5 Å². The van der Waals surface area contributed by atoms with Gasteiger partial charge in [-0.3, -0.25) is 4.79 Å². The summed E-state index contributed by atoms with van der Waals surface area (Å²) in [6.45, 7) is 4.65. The van der Waals surface area contributed by atoms with Gasteiger partial charge in [-0.2, -0.15) is 0 Å². The number of para-hydroxylation sites is 1. The molecule has 1 fully saturated rings. The lowest BCUT2D eigenvalue weighted by molar-refractivity contribution is 0.102. The van der Waals surface area contributed by atoms with Gasteiger partial charge < -0.3 is 14.8 Å². The van der Waals surface area contributed by atoms with E-state index in [0.29, 0.717) is 11.3 Å². The molecule has 0 aromatic heterocycles. The molecule has 0 unspecified atom stereocenters. The predicted octanol–water partition coefficient (Wildman–Crippen LogP) is 6.08. The van der Waals surface area contributed by atoms with Crippen molar-refractivity contribution in [1.29, 1.82) is 0 Å². The van der Waals surface area contributed by atoms with Crippen LogP contribution < -0.4 is 14.8 Å². The zero-order valence-corrected chi connectivity index (χ0v) is 16.9. The van der Waals surface area contributed by atoms with Crippen molar-refractivity contribution in [2.24, 2.45) is 5.92 Å². The van der Waals surface area contributed by atoms with Crippen LogP contribution in [-0.4, -0.2) is 18.6 Å². The molecule has 0 heterocycles. The summed E-state index contributed by atoms with van der Waals surface area (Å²) in [6, 6.07) is 14.9. The summed E-state index contributed by atoms with van der Waals surface area (Å²) in [4.78, 5) is 12.6. The maximum absolute atomic E-state index is 12.6. The highest BCUT2D eigenvalue weighted by molar-refractivity contribution is 6.06. The van der Waals surface area contributed by atoms with Crippen molar-refractivity contribution < 1.29 is 14.3 Å². The molecule has 1 N–H and O–H groups in total. The molecular formula is C24H31NO3. The lowest BCUT2D eigenvalue weighted by atomic mass is 9.87. The Morgan fingerprint density at radius 3 is 2.46 bits per heavy atom. The molecule has 2 aromatic rings. The van der Waals surface area contributed by atoms with E-state index < -0.39 is 0 Å². The maximum atomic E-state index is 12.6. The lowest BCUT2D eigenvalue weighted by Crippen LogP contribution is -2.15. The summed E-state index contributed by atoms with van der Waals surface area (Å²) in [7, 11) is 0. The molecule has 4 nitrogen and oxygen atoms in total. The number of nitrogens with one attached hydrogen (secondary N) is 1. The fourth-order valence-corrected chi connectivity index (χ4v) is 3.66. The number of ether oxygens (including phenoxy) is 2. The first-order chi connectivity index (χ1) is 13.6. The number of hydrogen-bond acceptors (Lipinski definition) is 3. The van der Waals surface area contributed by atoms with Crippen molar-refractivity contribution in [2.45, 2.75) is 58.5 Å². The average Bonchev–Trinajstić information content (AvgIpc) is 2.70. The summed E-state index contributed by atoms with van der Waals surface area (Å²) in [5.74, 6) is 2.08. The van der Waals surface area contributed by atoms with E-state index in [1.165, 1.54) is 32.1 Å². The van der Waals surface area contributed by atoms with E-state index in [0.717, 1.165) is 30.4 Å². The molecule has 150 valence electrons. The Bertz CT molecular complexity index is 749. The van der Waals surface area contributed by atoms with E-state index in [2.05, 4.69) is 5.32 Å². The van der Waals surface area contributed by atoms with Crippen LogP contribution in [0.4, 0.5) is 5.69 Å². The number of carbonyl (C=O) groups excluding carboxylic acids is 1. The Morgan fingerprint density at radius 2 is 1.75 bits per heavy atom. The Balaban J connectivity index is 1.52. The van der Waals surface area contributed by atoms with Gasteiger partial charge >= 0.3 is 0 Å². The molecule has 2 aromatic carbocycles. The molecule has 1 amide bonds. The van der Waals surface area contributed by atoms with Crippen LogP contribution in [-0.2, 0) is 0 Å². The first-order valence-electron chi connectivity index (χ1n) is 10.4. The highest BCUT2D eigenvalue weighted by Crippen LogP contribution is 2.27. The van der Waals surface area contributed by atoms with Crippen LogP contribution >= 0.6 is 0 Å². The third-order valence-corrected chi connectivity index (χ3v) is 5.13. The fraction of sp³-hybridized carbons (Fsp3) is 0.458. The largest absolute Gasteiger partial charge is 0.494 e. The standard InChI is InChI=1S/C24H31NO3/c1-18(2)28-23-11-7-6-10-22(23)24(26)25-20-12-14-21(15-13-20)27-17-16-19-8-4-3-5-9-19/h6-7,10-15,18-19H,3-5,8-9,16-17H2,1-2H3,(H,25,26).